The van der Waals surface area contributed by atoms with E-state index < -0.39 is 0 Å². The van der Waals surface area contributed by atoms with E-state index in [2.05, 4.69) is 15.3 Å². The van der Waals surface area contributed by atoms with Crippen LogP contribution >= 0.6 is 11.6 Å². The van der Waals surface area contributed by atoms with E-state index in [0.717, 1.165) is 5.56 Å². The lowest BCUT2D eigenvalue weighted by Crippen LogP contribution is -2.26. The third-order valence-electron chi connectivity index (χ3n) is 3.71. The van der Waals surface area contributed by atoms with E-state index in [1.807, 2.05) is 19.1 Å². The molecule has 6 heteroatoms. The third-order valence-corrected chi connectivity index (χ3v) is 3.97. The van der Waals surface area contributed by atoms with Crippen molar-refractivity contribution in [2.75, 3.05) is 0 Å². The summed E-state index contributed by atoms with van der Waals surface area (Å²) < 4.78 is 13.3. The molecule has 3 aromatic rings. The van der Waals surface area contributed by atoms with Crippen molar-refractivity contribution in [2.45, 2.75) is 13.0 Å². The fraction of sp³-hybridized carbons (Fsp3) is 0.105. The number of hydrogen-bond donors (Lipinski definition) is 1. The zero-order chi connectivity index (χ0) is 17.8. The molecular weight excluding hydrogens is 341 g/mol. The van der Waals surface area contributed by atoms with Gasteiger partial charge in [-0.1, -0.05) is 35.9 Å². The van der Waals surface area contributed by atoms with Crippen LogP contribution < -0.4 is 5.32 Å². The predicted molar refractivity (Wildman–Crippen MR) is 94.8 cm³/mol. The lowest BCUT2D eigenvalue weighted by Gasteiger charge is -2.14. The van der Waals surface area contributed by atoms with E-state index in [9.17, 15) is 9.18 Å². The summed E-state index contributed by atoms with van der Waals surface area (Å²) in [4.78, 5) is 20.6. The lowest BCUT2D eigenvalue weighted by molar-refractivity contribution is 0.0939. The Balaban J connectivity index is 1.71. The quantitative estimate of drug-likeness (QED) is 0.753. The van der Waals surface area contributed by atoms with Gasteiger partial charge in [0.1, 0.15) is 5.82 Å². The van der Waals surface area contributed by atoms with E-state index in [-0.39, 0.29) is 17.8 Å². The standard InChI is InChI=1S/C19H15ClFN3O/c1-12(13-5-7-16(20)8-6-13)24-19(25)15-10-22-18(23-11-15)14-3-2-4-17(21)9-14/h2-12H,1H3,(H,24,25)/t12-/m0/s1. The van der Waals surface area contributed by atoms with Crippen LogP contribution in [0.1, 0.15) is 28.9 Å². The Morgan fingerprint density at radius 1 is 1.12 bits per heavy atom. The molecule has 1 N–H and O–H groups in total. The van der Waals surface area contributed by atoms with Crippen LogP contribution in [-0.4, -0.2) is 15.9 Å². The van der Waals surface area contributed by atoms with E-state index >= 15 is 0 Å². The molecule has 1 atom stereocenters. The van der Waals surface area contributed by atoms with Gasteiger partial charge in [-0.15, -0.1) is 0 Å². The zero-order valence-electron chi connectivity index (χ0n) is 13.4. The molecule has 2 aromatic carbocycles. The first-order valence-electron chi connectivity index (χ1n) is 7.67. The minimum atomic E-state index is -0.361. The summed E-state index contributed by atoms with van der Waals surface area (Å²) in [5.74, 6) is -0.283. The Kier molecular flexibility index (Phi) is 5.05. The first kappa shape index (κ1) is 17.0. The van der Waals surface area contributed by atoms with Gasteiger partial charge >= 0.3 is 0 Å². The zero-order valence-corrected chi connectivity index (χ0v) is 14.2. The van der Waals surface area contributed by atoms with Crippen molar-refractivity contribution in [1.29, 1.82) is 0 Å². The number of nitrogens with zero attached hydrogens (tertiary/aromatic N) is 2. The second-order valence-corrected chi connectivity index (χ2v) is 5.99. The second-order valence-electron chi connectivity index (χ2n) is 5.55. The number of hydrogen-bond acceptors (Lipinski definition) is 3. The van der Waals surface area contributed by atoms with Crippen LogP contribution in [0.4, 0.5) is 4.39 Å². The Labute approximate surface area is 149 Å². The molecule has 3 rings (SSSR count). The van der Waals surface area contributed by atoms with Gasteiger partial charge < -0.3 is 5.32 Å². The van der Waals surface area contributed by atoms with Gasteiger partial charge in [-0.2, -0.15) is 0 Å². The summed E-state index contributed by atoms with van der Waals surface area (Å²) in [5.41, 5.74) is 1.83. The third kappa shape index (κ3) is 4.19. The van der Waals surface area contributed by atoms with E-state index in [1.54, 1.807) is 24.3 Å². The molecule has 0 bridgehead atoms. The predicted octanol–water partition coefficient (Wildman–Crippen LogP) is 4.43. The van der Waals surface area contributed by atoms with Crippen LogP contribution in [0, 0.1) is 5.82 Å². The van der Waals surface area contributed by atoms with Crippen LogP contribution in [-0.2, 0) is 0 Å². The molecule has 0 unspecified atom stereocenters. The number of rotatable bonds is 4. The van der Waals surface area contributed by atoms with Gasteiger partial charge in [0, 0.05) is 23.0 Å². The highest BCUT2D eigenvalue weighted by molar-refractivity contribution is 6.30. The van der Waals surface area contributed by atoms with Crippen molar-refractivity contribution in [3.05, 3.63) is 82.9 Å². The van der Waals surface area contributed by atoms with Crippen molar-refractivity contribution in [3.8, 4) is 11.4 Å². The molecule has 0 fully saturated rings. The van der Waals surface area contributed by atoms with Crippen LogP contribution in [0.5, 0.6) is 0 Å². The summed E-state index contributed by atoms with van der Waals surface area (Å²) in [6.45, 7) is 1.88. The van der Waals surface area contributed by atoms with E-state index in [4.69, 9.17) is 11.6 Å². The summed E-state index contributed by atoms with van der Waals surface area (Å²) in [6.07, 6.45) is 2.86. The van der Waals surface area contributed by atoms with Crippen LogP contribution in [0.2, 0.25) is 5.02 Å². The second kappa shape index (κ2) is 7.40. The molecule has 0 aliphatic rings. The average molecular weight is 356 g/mol. The summed E-state index contributed by atoms with van der Waals surface area (Å²) in [7, 11) is 0. The molecule has 25 heavy (non-hydrogen) atoms. The number of amides is 1. The fourth-order valence-electron chi connectivity index (χ4n) is 2.34. The number of carbonyl (C=O) groups is 1. The number of benzene rings is 2. The monoisotopic (exact) mass is 355 g/mol. The van der Waals surface area contributed by atoms with Gasteiger partial charge in [-0.3, -0.25) is 4.79 Å². The minimum Gasteiger partial charge on any atom is -0.345 e. The molecule has 1 heterocycles. The largest absolute Gasteiger partial charge is 0.345 e. The highest BCUT2D eigenvalue weighted by Crippen LogP contribution is 2.18. The Morgan fingerprint density at radius 2 is 1.80 bits per heavy atom. The van der Waals surface area contributed by atoms with E-state index in [0.29, 0.717) is 22.0 Å². The van der Waals surface area contributed by atoms with Gasteiger partial charge in [0.2, 0.25) is 0 Å². The smallest absolute Gasteiger partial charge is 0.254 e. The molecule has 1 aromatic heterocycles. The van der Waals surface area contributed by atoms with Crippen molar-refractivity contribution in [2.24, 2.45) is 0 Å². The van der Waals surface area contributed by atoms with Crippen LogP contribution in [0.15, 0.2) is 60.9 Å². The van der Waals surface area contributed by atoms with Gasteiger partial charge in [0.05, 0.1) is 11.6 Å². The number of halogens is 2. The van der Waals surface area contributed by atoms with Crippen molar-refractivity contribution >= 4 is 17.5 Å². The molecule has 4 nitrogen and oxygen atoms in total. The van der Waals surface area contributed by atoms with Crippen molar-refractivity contribution < 1.29 is 9.18 Å². The number of nitrogens with one attached hydrogen (secondary N) is 1. The normalized spacial score (nSPS) is 11.8. The summed E-state index contributed by atoms with van der Waals surface area (Å²) >= 11 is 5.87. The van der Waals surface area contributed by atoms with Gasteiger partial charge in [0.15, 0.2) is 5.82 Å². The number of aromatic nitrogens is 2. The molecule has 0 saturated heterocycles. The summed E-state index contributed by atoms with van der Waals surface area (Å²) in [5, 5.41) is 3.52. The molecular formula is C19H15ClFN3O. The fourth-order valence-corrected chi connectivity index (χ4v) is 2.46. The SMILES string of the molecule is C[C@H](NC(=O)c1cnc(-c2cccc(F)c2)nc1)c1ccc(Cl)cc1. The number of carbonyl (C=O) groups excluding carboxylic acids is 1. The molecule has 0 radical (unpaired) electrons. The molecule has 126 valence electrons. The maximum Gasteiger partial charge on any atom is 0.254 e. The van der Waals surface area contributed by atoms with Crippen LogP contribution in [0.3, 0.4) is 0 Å². The van der Waals surface area contributed by atoms with Gasteiger partial charge in [0.25, 0.3) is 5.91 Å². The first-order chi connectivity index (χ1) is 12.0. The highest BCUT2D eigenvalue weighted by atomic mass is 35.5. The summed E-state index contributed by atoms with van der Waals surface area (Å²) in [6, 6.07) is 13.1. The van der Waals surface area contributed by atoms with E-state index in [1.165, 1.54) is 24.5 Å². The molecule has 0 spiro atoms. The maximum atomic E-state index is 13.3. The highest BCUT2D eigenvalue weighted by Gasteiger charge is 2.13. The Morgan fingerprint density at radius 3 is 2.44 bits per heavy atom. The molecule has 0 saturated carbocycles. The van der Waals surface area contributed by atoms with Crippen molar-refractivity contribution in [1.82, 2.24) is 15.3 Å². The molecule has 1 amide bonds. The average Bonchev–Trinajstić information content (AvgIpc) is 2.62. The van der Waals surface area contributed by atoms with Crippen LogP contribution in [0.25, 0.3) is 11.4 Å². The molecule has 0 aliphatic carbocycles. The topological polar surface area (TPSA) is 54.9 Å². The first-order valence-corrected chi connectivity index (χ1v) is 8.05. The maximum absolute atomic E-state index is 13.3. The van der Waals surface area contributed by atoms with Gasteiger partial charge in [-0.25, -0.2) is 14.4 Å². The minimum absolute atomic E-state index is 0.187. The Hall–Kier alpha value is -2.79. The molecule has 0 aliphatic heterocycles. The van der Waals surface area contributed by atoms with Gasteiger partial charge in [-0.05, 0) is 36.8 Å². The Bertz CT molecular complexity index is 882. The lowest BCUT2D eigenvalue weighted by atomic mass is 10.1. The van der Waals surface area contributed by atoms with Crippen molar-refractivity contribution in [3.63, 3.8) is 0 Å².